The standard InChI is InChI=1S/C10H16BrN3S/c1-7(2)4-13-10(12)14-5-8-3-9(11)15-6-8/h3,6-7H,4-5H2,1-2H3,(H3,12,13,14). The van der Waals surface area contributed by atoms with Gasteiger partial charge in [-0.15, -0.1) is 11.3 Å². The third-order valence-corrected chi connectivity index (χ3v) is 3.30. The molecule has 0 amide bonds. The monoisotopic (exact) mass is 289 g/mol. The van der Waals surface area contributed by atoms with E-state index in [-0.39, 0.29) is 0 Å². The van der Waals surface area contributed by atoms with E-state index in [0.29, 0.717) is 18.4 Å². The first kappa shape index (κ1) is 12.5. The zero-order valence-corrected chi connectivity index (χ0v) is 11.4. The first-order chi connectivity index (χ1) is 7.08. The molecule has 84 valence electrons. The Bertz CT molecular complexity index is 333. The Labute approximate surface area is 103 Å². The van der Waals surface area contributed by atoms with Gasteiger partial charge < -0.3 is 11.1 Å². The number of thiophene rings is 1. The number of aliphatic imine (C=N–C) groups is 1. The van der Waals surface area contributed by atoms with Crippen LogP contribution in [0.2, 0.25) is 0 Å². The summed E-state index contributed by atoms with van der Waals surface area (Å²) in [5.41, 5.74) is 6.89. The highest BCUT2D eigenvalue weighted by Gasteiger charge is 1.97. The van der Waals surface area contributed by atoms with E-state index in [1.807, 2.05) is 0 Å². The third-order valence-electron chi connectivity index (χ3n) is 1.75. The number of nitrogens with two attached hydrogens (primary N) is 1. The fraction of sp³-hybridized carbons (Fsp3) is 0.500. The van der Waals surface area contributed by atoms with E-state index in [0.717, 1.165) is 10.3 Å². The molecule has 5 heteroatoms. The van der Waals surface area contributed by atoms with Crippen LogP contribution in [0.25, 0.3) is 0 Å². The van der Waals surface area contributed by atoms with Gasteiger partial charge >= 0.3 is 0 Å². The normalized spacial score (nSPS) is 12.1. The smallest absolute Gasteiger partial charge is 0.188 e. The molecule has 1 aromatic heterocycles. The van der Waals surface area contributed by atoms with Crippen LogP contribution in [0.5, 0.6) is 0 Å². The molecule has 1 aromatic rings. The molecule has 0 atom stereocenters. The molecular formula is C10H16BrN3S. The lowest BCUT2D eigenvalue weighted by molar-refractivity contribution is 0.622. The first-order valence-corrected chi connectivity index (χ1v) is 6.52. The number of hydrogen-bond acceptors (Lipinski definition) is 2. The van der Waals surface area contributed by atoms with Crippen LogP contribution in [0.15, 0.2) is 20.2 Å². The number of hydrogen-bond donors (Lipinski definition) is 2. The second kappa shape index (κ2) is 6.12. The third kappa shape index (κ3) is 5.18. The van der Waals surface area contributed by atoms with Gasteiger partial charge in [-0.25, -0.2) is 4.99 Å². The van der Waals surface area contributed by atoms with Gasteiger partial charge in [-0.2, -0.15) is 0 Å². The van der Waals surface area contributed by atoms with Gasteiger partial charge in [0.2, 0.25) is 0 Å². The molecule has 0 aliphatic heterocycles. The molecule has 3 N–H and O–H groups in total. The van der Waals surface area contributed by atoms with Crippen LogP contribution in [0.4, 0.5) is 0 Å². The highest BCUT2D eigenvalue weighted by atomic mass is 79.9. The summed E-state index contributed by atoms with van der Waals surface area (Å²) < 4.78 is 1.13. The van der Waals surface area contributed by atoms with Crippen LogP contribution in [0.1, 0.15) is 19.4 Å². The van der Waals surface area contributed by atoms with Gasteiger partial charge in [0.25, 0.3) is 0 Å². The van der Waals surface area contributed by atoms with Crippen LogP contribution in [0.3, 0.4) is 0 Å². The summed E-state index contributed by atoms with van der Waals surface area (Å²) in [6.07, 6.45) is 0. The minimum absolute atomic E-state index is 0.519. The number of rotatable bonds is 4. The topological polar surface area (TPSA) is 50.4 Å². The summed E-state index contributed by atoms with van der Waals surface area (Å²) in [7, 11) is 0. The molecule has 3 nitrogen and oxygen atoms in total. The first-order valence-electron chi connectivity index (χ1n) is 4.84. The van der Waals surface area contributed by atoms with E-state index < -0.39 is 0 Å². The molecule has 0 saturated carbocycles. The summed E-state index contributed by atoms with van der Waals surface area (Å²) in [6, 6.07) is 2.06. The van der Waals surface area contributed by atoms with Crippen molar-refractivity contribution < 1.29 is 0 Å². The molecule has 0 aliphatic carbocycles. The Morgan fingerprint density at radius 1 is 1.67 bits per heavy atom. The van der Waals surface area contributed by atoms with Gasteiger partial charge in [0.15, 0.2) is 5.96 Å². The van der Waals surface area contributed by atoms with Crippen molar-refractivity contribution in [3.8, 4) is 0 Å². The number of nitrogens with zero attached hydrogens (tertiary/aromatic N) is 1. The van der Waals surface area contributed by atoms with Crippen molar-refractivity contribution >= 4 is 33.2 Å². The summed E-state index contributed by atoms with van der Waals surface area (Å²) in [5.74, 6) is 1.10. The fourth-order valence-electron chi connectivity index (χ4n) is 0.970. The van der Waals surface area contributed by atoms with Crippen molar-refractivity contribution in [1.29, 1.82) is 0 Å². The van der Waals surface area contributed by atoms with Gasteiger partial charge in [0, 0.05) is 6.54 Å². The minimum atomic E-state index is 0.519. The Kier molecular flexibility index (Phi) is 5.11. The van der Waals surface area contributed by atoms with Crippen molar-refractivity contribution in [3.05, 3.63) is 20.8 Å². The quantitative estimate of drug-likeness (QED) is 0.661. The SMILES string of the molecule is CC(C)CNC(N)=NCc1csc(Br)c1. The number of nitrogens with one attached hydrogen (secondary N) is 1. The molecule has 1 rings (SSSR count). The average Bonchev–Trinajstić information content (AvgIpc) is 2.58. The van der Waals surface area contributed by atoms with Crippen molar-refractivity contribution in [1.82, 2.24) is 5.32 Å². The number of guanidine groups is 1. The second-order valence-corrected chi connectivity index (χ2v) is 6.03. The van der Waals surface area contributed by atoms with Crippen molar-refractivity contribution in [3.63, 3.8) is 0 Å². The predicted octanol–water partition coefficient (Wildman–Crippen LogP) is 2.57. The summed E-state index contributed by atoms with van der Waals surface area (Å²) in [4.78, 5) is 4.25. The summed E-state index contributed by atoms with van der Waals surface area (Å²) >= 11 is 5.07. The van der Waals surface area contributed by atoms with Crippen molar-refractivity contribution in [2.75, 3.05) is 6.54 Å². The maximum atomic E-state index is 5.71. The van der Waals surface area contributed by atoms with E-state index in [1.54, 1.807) is 11.3 Å². The molecule has 15 heavy (non-hydrogen) atoms. The van der Waals surface area contributed by atoms with Crippen LogP contribution in [-0.4, -0.2) is 12.5 Å². The molecule has 1 heterocycles. The molecular weight excluding hydrogens is 274 g/mol. The van der Waals surface area contributed by atoms with Crippen LogP contribution < -0.4 is 11.1 Å². The highest BCUT2D eigenvalue weighted by molar-refractivity contribution is 9.11. The molecule has 0 fully saturated rings. The molecule has 0 spiro atoms. The predicted molar refractivity (Wildman–Crippen MR) is 70.2 cm³/mol. The van der Waals surface area contributed by atoms with Crippen LogP contribution >= 0.6 is 27.3 Å². The molecule has 0 unspecified atom stereocenters. The molecule has 0 aliphatic rings. The Hall–Kier alpha value is -0.550. The minimum Gasteiger partial charge on any atom is -0.370 e. The Morgan fingerprint density at radius 3 is 2.93 bits per heavy atom. The lowest BCUT2D eigenvalue weighted by Gasteiger charge is -2.07. The molecule has 0 bridgehead atoms. The van der Waals surface area contributed by atoms with Gasteiger partial charge in [-0.1, -0.05) is 13.8 Å². The zero-order chi connectivity index (χ0) is 11.3. The van der Waals surface area contributed by atoms with Crippen molar-refractivity contribution in [2.24, 2.45) is 16.6 Å². The molecule has 0 radical (unpaired) electrons. The summed E-state index contributed by atoms with van der Waals surface area (Å²) in [5, 5.41) is 5.15. The van der Waals surface area contributed by atoms with E-state index in [9.17, 15) is 0 Å². The van der Waals surface area contributed by atoms with E-state index >= 15 is 0 Å². The van der Waals surface area contributed by atoms with E-state index in [4.69, 9.17) is 5.73 Å². The van der Waals surface area contributed by atoms with Gasteiger partial charge in [0.1, 0.15) is 0 Å². The summed E-state index contributed by atoms with van der Waals surface area (Å²) in [6.45, 7) is 5.77. The number of halogens is 1. The fourth-order valence-corrected chi connectivity index (χ4v) is 2.17. The largest absolute Gasteiger partial charge is 0.370 e. The van der Waals surface area contributed by atoms with Crippen LogP contribution in [-0.2, 0) is 6.54 Å². The lowest BCUT2D eigenvalue weighted by atomic mass is 10.2. The lowest BCUT2D eigenvalue weighted by Crippen LogP contribution is -2.34. The van der Waals surface area contributed by atoms with Crippen LogP contribution in [0, 0.1) is 5.92 Å². The van der Waals surface area contributed by atoms with Gasteiger partial charge in [0.05, 0.1) is 10.3 Å². The van der Waals surface area contributed by atoms with E-state index in [2.05, 4.69) is 51.5 Å². The Balaban J connectivity index is 2.36. The zero-order valence-electron chi connectivity index (χ0n) is 8.96. The Morgan fingerprint density at radius 2 is 2.40 bits per heavy atom. The maximum Gasteiger partial charge on any atom is 0.188 e. The van der Waals surface area contributed by atoms with E-state index in [1.165, 1.54) is 5.56 Å². The average molecular weight is 290 g/mol. The second-order valence-electron chi connectivity index (χ2n) is 3.74. The highest BCUT2D eigenvalue weighted by Crippen LogP contribution is 2.20. The van der Waals surface area contributed by atoms with Gasteiger partial charge in [-0.05, 0) is 38.9 Å². The van der Waals surface area contributed by atoms with Crippen molar-refractivity contribution in [2.45, 2.75) is 20.4 Å². The van der Waals surface area contributed by atoms with Gasteiger partial charge in [-0.3, -0.25) is 0 Å². The molecule has 0 aromatic carbocycles. The maximum absolute atomic E-state index is 5.71. The molecule has 0 saturated heterocycles.